The Balaban J connectivity index is 1.76. The van der Waals surface area contributed by atoms with Crippen LogP contribution >= 0.6 is 39.9 Å². The highest BCUT2D eigenvalue weighted by atomic mass is 79.9. The van der Waals surface area contributed by atoms with E-state index in [2.05, 4.69) is 69.5 Å². The lowest BCUT2D eigenvalue weighted by molar-refractivity contribution is 0.684. The molecule has 25 heavy (non-hydrogen) atoms. The van der Waals surface area contributed by atoms with Gasteiger partial charge in [-0.25, -0.2) is 4.99 Å². The number of aliphatic imine (C=N–C) groups is 1. The predicted octanol–water partition coefficient (Wildman–Crippen LogP) is 5.74. The van der Waals surface area contributed by atoms with Crippen LogP contribution < -0.4 is 5.32 Å². The molecule has 1 aliphatic heterocycles. The van der Waals surface area contributed by atoms with E-state index in [1.54, 1.807) is 11.8 Å². The van der Waals surface area contributed by atoms with Crippen LogP contribution in [0.15, 0.2) is 51.6 Å². The Morgan fingerprint density at radius 1 is 1.44 bits per heavy atom. The van der Waals surface area contributed by atoms with Crippen LogP contribution in [-0.2, 0) is 6.42 Å². The lowest BCUT2D eigenvalue weighted by Gasteiger charge is -2.22. The summed E-state index contributed by atoms with van der Waals surface area (Å²) in [6, 6.07) is 6.35. The first-order valence-electron chi connectivity index (χ1n) is 8.61. The van der Waals surface area contributed by atoms with Crippen molar-refractivity contribution in [3.63, 3.8) is 0 Å². The van der Waals surface area contributed by atoms with Crippen LogP contribution in [0.2, 0.25) is 0 Å². The van der Waals surface area contributed by atoms with Crippen molar-refractivity contribution in [3.8, 4) is 0 Å². The van der Waals surface area contributed by atoms with Crippen molar-refractivity contribution >= 4 is 55.9 Å². The Bertz CT molecular complexity index is 740. The number of halogens is 1. The number of benzene rings is 1. The van der Waals surface area contributed by atoms with Gasteiger partial charge in [-0.1, -0.05) is 59.3 Å². The molecular formula is C19H22BrN3S2. The average molecular weight is 436 g/mol. The third kappa shape index (κ3) is 4.96. The fourth-order valence-corrected chi connectivity index (χ4v) is 4.51. The second kappa shape index (κ2) is 9.01. The van der Waals surface area contributed by atoms with E-state index in [4.69, 9.17) is 17.2 Å². The van der Waals surface area contributed by atoms with Crippen molar-refractivity contribution in [2.24, 2.45) is 4.99 Å². The van der Waals surface area contributed by atoms with Gasteiger partial charge < -0.3 is 5.32 Å². The van der Waals surface area contributed by atoms with Crippen molar-refractivity contribution in [3.05, 3.63) is 52.2 Å². The van der Waals surface area contributed by atoms with Crippen LogP contribution in [-0.4, -0.2) is 27.5 Å². The van der Waals surface area contributed by atoms with E-state index < -0.39 is 0 Å². The molecule has 2 aliphatic rings. The van der Waals surface area contributed by atoms with Gasteiger partial charge in [-0.3, -0.25) is 4.90 Å². The molecule has 0 aromatic heterocycles. The highest BCUT2D eigenvalue weighted by Crippen LogP contribution is 2.26. The Labute approximate surface area is 167 Å². The normalized spacial score (nSPS) is 18.6. The topological polar surface area (TPSA) is 27.6 Å². The van der Waals surface area contributed by atoms with Crippen LogP contribution in [0.1, 0.15) is 31.7 Å². The second-order valence-electron chi connectivity index (χ2n) is 6.00. The van der Waals surface area contributed by atoms with E-state index in [0.717, 1.165) is 64.1 Å². The Morgan fingerprint density at radius 2 is 2.32 bits per heavy atom. The van der Waals surface area contributed by atoms with Gasteiger partial charge in [0, 0.05) is 28.2 Å². The molecule has 3 nitrogen and oxygen atoms in total. The van der Waals surface area contributed by atoms with Crippen LogP contribution in [0.5, 0.6) is 0 Å². The molecule has 0 unspecified atom stereocenters. The summed E-state index contributed by atoms with van der Waals surface area (Å²) in [5.74, 6) is 1.02. The van der Waals surface area contributed by atoms with E-state index in [0.29, 0.717) is 0 Å². The summed E-state index contributed by atoms with van der Waals surface area (Å²) in [6.45, 7) is 3.09. The molecule has 1 aliphatic carbocycles. The molecule has 0 radical (unpaired) electrons. The van der Waals surface area contributed by atoms with Gasteiger partial charge in [-0.05, 0) is 55.3 Å². The molecule has 1 heterocycles. The molecule has 1 aromatic carbocycles. The number of aryl methyl sites for hydroxylation is 1. The quantitative estimate of drug-likeness (QED) is 0.610. The van der Waals surface area contributed by atoms with Gasteiger partial charge in [0.05, 0.1) is 0 Å². The number of thiocarbonyl (C=S) groups is 1. The van der Waals surface area contributed by atoms with Gasteiger partial charge in [0.25, 0.3) is 0 Å². The summed E-state index contributed by atoms with van der Waals surface area (Å²) in [5, 5.41) is 5.18. The molecule has 0 amide bonds. The molecule has 3 rings (SSSR count). The van der Waals surface area contributed by atoms with Crippen LogP contribution in [0.4, 0.5) is 5.69 Å². The Kier molecular flexibility index (Phi) is 6.73. The zero-order valence-electron chi connectivity index (χ0n) is 14.3. The lowest BCUT2D eigenvalue weighted by Crippen LogP contribution is -2.35. The summed E-state index contributed by atoms with van der Waals surface area (Å²) >= 11 is 11.0. The smallest absolute Gasteiger partial charge is 0.179 e. The maximum Gasteiger partial charge on any atom is 0.179 e. The molecular weight excluding hydrogens is 414 g/mol. The molecule has 1 saturated heterocycles. The molecule has 0 spiro atoms. The Morgan fingerprint density at radius 3 is 3.08 bits per heavy atom. The first kappa shape index (κ1) is 18.7. The summed E-state index contributed by atoms with van der Waals surface area (Å²) in [7, 11) is 0. The molecule has 0 atom stereocenters. The number of thioether (sulfide) groups is 1. The third-order valence-electron chi connectivity index (χ3n) is 4.09. The third-order valence-corrected chi connectivity index (χ3v) is 5.86. The number of rotatable bonds is 4. The molecule has 0 bridgehead atoms. The molecule has 6 heteroatoms. The largest absolute Gasteiger partial charge is 0.332 e. The maximum atomic E-state index is 5.70. The lowest BCUT2D eigenvalue weighted by atomic mass is 10.1. The predicted molar refractivity (Wildman–Crippen MR) is 117 cm³/mol. The van der Waals surface area contributed by atoms with E-state index in [-0.39, 0.29) is 0 Å². The zero-order chi connectivity index (χ0) is 17.6. The molecule has 1 N–H and O–H groups in total. The number of nitrogens with zero attached hydrogens (tertiary/aromatic N) is 2. The van der Waals surface area contributed by atoms with E-state index >= 15 is 0 Å². The SMILES string of the molecule is CCCc1ccc(Br)cc1NC(=S)N1CCSC1=NC1=CC=CCC1. The van der Waals surface area contributed by atoms with E-state index in [1.807, 2.05) is 0 Å². The fraction of sp³-hybridized carbons (Fsp3) is 0.368. The van der Waals surface area contributed by atoms with Gasteiger partial charge in [-0.15, -0.1) is 0 Å². The number of hydrogen-bond acceptors (Lipinski definition) is 3. The minimum Gasteiger partial charge on any atom is -0.332 e. The summed E-state index contributed by atoms with van der Waals surface area (Å²) in [6.07, 6.45) is 10.6. The van der Waals surface area contributed by atoms with Crippen molar-refractivity contribution in [1.29, 1.82) is 0 Å². The van der Waals surface area contributed by atoms with Crippen LogP contribution in [0, 0.1) is 0 Å². The number of hydrogen-bond donors (Lipinski definition) is 1. The van der Waals surface area contributed by atoms with E-state index in [1.165, 1.54) is 5.56 Å². The minimum absolute atomic E-state index is 0.728. The monoisotopic (exact) mass is 435 g/mol. The van der Waals surface area contributed by atoms with Crippen molar-refractivity contribution in [2.75, 3.05) is 17.6 Å². The summed E-state index contributed by atoms with van der Waals surface area (Å²) in [5.41, 5.74) is 3.50. The number of anilines is 1. The van der Waals surface area contributed by atoms with Gasteiger partial charge in [-0.2, -0.15) is 0 Å². The number of nitrogens with one attached hydrogen (secondary N) is 1. The average Bonchev–Trinajstić information content (AvgIpc) is 3.06. The van der Waals surface area contributed by atoms with E-state index in [9.17, 15) is 0 Å². The standard InChI is InChI=1S/C19H22BrN3S2/c1-2-6-14-9-10-15(20)13-17(14)22-18(24)23-11-12-25-19(23)21-16-7-4-3-5-8-16/h3-4,7,9-10,13H,2,5-6,8,11-12H2,1H3,(H,22,24). The van der Waals surface area contributed by atoms with Crippen molar-refractivity contribution in [1.82, 2.24) is 4.90 Å². The second-order valence-corrected chi connectivity index (χ2v) is 8.37. The van der Waals surface area contributed by atoms with Gasteiger partial charge in [0.2, 0.25) is 0 Å². The highest BCUT2D eigenvalue weighted by Gasteiger charge is 2.24. The van der Waals surface area contributed by atoms with Crippen LogP contribution in [0.3, 0.4) is 0 Å². The summed E-state index contributed by atoms with van der Waals surface area (Å²) in [4.78, 5) is 6.95. The van der Waals surface area contributed by atoms with Crippen molar-refractivity contribution < 1.29 is 0 Å². The first-order chi connectivity index (χ1) is 12.2. The maximum absolute atomic E-state index is 5.70. The summed E-state index contributed by atoms with van der Waals surface area (Å²) < 4.78 is 1.06. The van der Waals surface area contributed by atoms with Gasteiger partial charge in [0.1, 0.15) is 0 Å². The minimum atomic E-state index is 0.728. The molecule has 0 saturated carbocycles. The molecule has 132 valence electrons. The highest BCUT2D eigenvalue weighted by molar-refractivity contribution is 9.10. The number of allylic oxidation sites excluding steroid dienone is 4. The first-order valence-corrected chi connectivity index (χ1v) is 10.8. The van der Waals surface area contributed by atoms with Crippen molar-refractivity contribution in [2.45, 2.75) is 32.6 Å². The molecule has 1 fully saturated rings. The number of amidine groups is 1. The fourth-order valence-electron chi connectivity index (χ4n) is 2.82. The Hall–Kier alpha value is -1.11. The van der Waals surface area contributed by atoms with Gasteiger partial charge >= 0.3 is 0 Å². The van der Waals surface area contributed by atoms with Gasteiger partial charge in [0.15, 0.2) is 10.3 Å². The van der Waals surface area contributed by atoms with Crippen LogP contribution in [0.25, 0.3) is 0 Å². The molecule has 1 aromatic rings. The zero-order valence-corrected chi connectivity index (χ0v) is 17.5.